The van der Waals surface area contributed by atoms with E-state index in [0.717, 1.165) is 0 Å². The summed E-state index contributed by atoms with van der Waals surface area (Å²) in [5.41, 5.74) is 1.45. The second kappa shape index (κ2) is 2.01. The van der Waals surface area contributed by atoms with Crippen molar-refractivity contribution in [1.82, 2.24) is 5.32 Å². The number of rotatable bonds is 0. The molecule has 1 aliphatic carbocycles. The molecule has 0 aromatic carbocycles. The summed E-state index contributed by atoms with van der Waals surface area (Å²) in [6.07, 6.45) is 10.8. The summed E-state index contributed by atoms with van der Waals surface area (Å²) in [7, 11) is 0. The Morgan fingerprint density at radius 3 is 3.10 bits per heavy atom. The molecular formula is C9H11N. The van der Waals surface area contributed by atoms with Gasteiger partial charge in [0.2, 0.25) is 0 Å². The number of nitrogens with one attached hydrogen (secondary N) is 1. The number of hydrogen-bond donors (Lipinski definition) is 1. The molecule has 0 saturated heterocycles. The van der Waals surface area contributed by atoms with Crippen molar-refractivity contribution in [2.45, 2.75) is 13.0 Å². The Morgan fingerprint density at radius 2 is 2.30 bits per heavy atom. The van der Waals surface area contributed by atoms with Crippen LogP contribution in [0.25, 0.3) is 0 Å². The van der Waals surface area contributed by atoms with Gasteiger partial charge in [-0.3, -0.25) is 0 Å². The lowest BCUT2D eigenvalue weighted by atomic mass is 9.90. The van der Waals surface area contributed by atoms with Gasteiger partial charge in [-0.05, 0) is 13.1 Å². The molecular weight excluding hydrogens is 122 g/mol. The maximum atomic E-state index is 3.28. The number of fused-ring (bicyclic) bond motifs is 1. The van der Waals surface area contributed by atoms with Gasteiger partial charge >= 0.3 is 0 Å². The van der Waals surface area contributed by atoms with E-state index in [1.807, 2.05) is 6.20 Å². The van der Waals surface area contributed by atoms with Crippen molar-refractivity contribution in [2.75, 3.05) is 0 Å². The molecule has 0 spiro atoms. The first kappa shape index (κ1) is 5.78. The molecule has 2 aliphatic rings. The van der Waals surface area contributed by atoms with E-state index in [2.05, 4.69) is 36.5 Å². The van der Waals surface area contributed by atoms with Crippen LogP contribution >= 0.6 is 0 Å². The van der Waals surface area contributed by atoms with E-state index in [1.165, 1.54) is 5.57 Å². The van der Waals surface area contributed by atoms with E-state index in [0.29, 0.717) is 12.0 Å². The summed E-state index contributed by atoms with van der Waals surface area (Å²) in [4.78, 5) is 0. The van der Waals surface area contributed by atoms with Crippen molar-refractivity contribution in [1.29, 1.82) is 0 Å². The molecule has 1 N–H and O–H groups in total. The highest BCUT2D eigenvalue weighted by Gasteiger charge is 2.22. The normalized spacial score (nSPS) is 35.1. The predicted octanol–water partition coefficient (Wildman–Crippen LogP) is 1.60. The van der Waals surface area contributed by atoms with Gasteiger partial charge in [0.15, 0.2) is 0 Å². The third-order valence-corrected chi connectivity index (χ3v) is 2.18. The SMILES string of the molecule is CC1=CC=CC2NC=CC12. The van der Waals surface area contributed by atoms with Gasteiger partial charge in [0.05, 0.1) is 6.04 Å². The summed E-state index contributed by atoms with van der Waals surface area (Å²) < 4.78 is 0. The van der Waals surface area contributed by atoms with Crippen molar-refractivity contribution in [3.05, 3.63) is 36.1 Å². The van der Waals surface area contributed by atoms with Gasteiger partial charge in [0.1, 0.15) is 0 Å². The molecule has 2 unspecified atom stereocenters. The van der Waals surface area contributed by atoms with Crippen molar-refractivity contribution in [3.8, 4) is 0 Å². The van der Waals surface area contributed by atoms with Gasteiger partial charge in [-0.25, -0.2) is 0 Å². The van der Waals surface area contributed by atoms with Crippen molar-refractivity contribution in [3.63, 3.8) is 0 Å². The Balaban J connectivity index is 2.30. The molecule has 2 atom stereocenters. The first-order chi connectivity index (χ1) is 4.88. The zero-order valence-corrected chi connectivity index (χ0v) is 6.04. The lowest BCUT2D eigenvalue weighted by Crippen LogP contribution is -2.26. The van der Waals surface area contributed by atoms with Crippen LogP contribution in [0.5, 0.6) is 0 Å². The molecule has 0 aromatic heterocycles. The van der Waals surface area contributed by atoms with Crippen LogP contribution in [0.1, 0.15) is 6.92 Å². The fraction of sp³-hybridized carbons (Fsp3) is 0.333. The van der Waals surface area contributed by atoms with Gasteiger partial charge in [0.25, 0.3) is 0 Å². The molecule has 52 valence electrons. The standard InChI is InChI=1S/C9H11N/c1-7-3-2-4-9-8(7)5-6-10-9/h2-6,8-10H,1H3. The minimum Gasteiger partial charge on any atom is -0.384 e. The van der Waals surface area contributed by atoms with Crippen LogP contribution in [0.3, 0.4) is 0 Å². The minimum absolute atomic E-state index is 0.532. The summed E-state index contributed by atoms with van der Waals surface area (Å²) in [6, 6.07) is 0.532. The van der Waals surface area contributed by atoms with Gasteiger partial charge in [-0.15, -0.1) is 0 Å². The average molecular weight is 133 g/mol. The smallest absolute Gasteiger partial charge is 0.0542 e. The van der Waals surface area contributed by atoms with Crippen LogP contribution in [-0.2, 0) is 0 Å². The maximum absolute atomic E-state index is 3.28. The Bertz CT molecular complexity index is 223. The Labute approximate surface area is 61.1 Å². The molecule has 2 rings (SSSR count). The van der Waals surface area contributed by atoms with Crippen molar-refractivity contribution in [2.24, 2.45) is 5.92 Å². The molecule has 0 amide bonds. The maximum Gasteiger partial charge on any atom is 0.0542 e. The predicted molar refractivity (Wildman–Crippen MR) is 42.5 cm³/mol. The van der Waals surface area contributed by atoms with Gasteiger partial charge in [0, 0.05) is 5.92 Å². The molecule has 0 bridgehead atoms. The monoisotopic (exact) mass is 133 g/mol. The molecule has 0 radical (unpaired) electrons. The molecule has 0 aromatic rings. The van der Waals surface area contributed by atoms with Crippen LogP contribution in [0, 0.1) is 5.92 Å². The van der Waals surface area contributed by atoms with Crippen molar-refractivity contribution < 1.29 is 0 Å². The summed E-state index contributed by atoms with van der Waals surface area (Å²) >= 11 is 0. The third-order valence-electron chi connectivity index (χ3n) is 2.18. The topological polar surface area (TPSA) is 12.0 Å². The van der Waals surface area contributed by atoms with Crippen LogP contribution in [0.15, 0.2) is 36.1 Å². The lowest BCUT2D eigenvalue weighted by molar-refractivity contribution is 0.621. The fourth-order valence-electron chi connectivity index (χ4n) is 1.54. The molecule has 1 heterocycles. The molecule has 1 nitrogen and oxygen atoms in total. The molecule has 10 heavy (non-hydrogen) atoms. The second-order valence-corrected chi connectivity index (χ2v) is 2.87. The first-order valence-corrected chi connectivity index (χ1v) is 3.65. The number of allylic oxidation sites excluding steroid dienone is 2. The molecule has 0 saturated carbocycles. The zero-order chi connectivity index (χ0) is 6.97. The quantitative estimate of drug-likeness (QED) is 0.529. The van der Waals surface area contributed by atoms with Crippen LogP contribution in [0.2, 0.25) is 0 Å². The Hall–Kier alpha value is -0.980. The largest absolute Gasteiger partial charge is 0.384 e. The van der Waals surface area contributed by atoms with E-state index in [1.54, 1.807) is 0 Å². The van der Waals surface area contributed by atoms with E-state index in [-0.39, 0.29) is 0 Å². The average Bonchev–Trinajstić information content (AvgIpc) is 2.36. The van der Waals surface area contributed by atoms with E-state index < -0.39 is 0 Å². The zero-order valence-electron chi connectivity index (χ0n) is 6.04. The van der Waals surface area contributed by atoms with Gasteiger partial charge < -0.3 is 5.32 Å². The summed E-state index contributed by atoms with van der Waals surface area (Å²) in [5, 5.41) is 3.28. The summed E-state index contributed by atoms with van der Waals surface area (Å²) in [5.74, 6) is 0.616. The molecule has 1 heteroatoms. The fourth-order valence-corrected chi connectivity index (χ4v) is 1.54. The lowest BCUT2D eigenvalue weighted by Gasteiger charge is -2.19. The summed E-state index contributed by atoms with van der Waals surface area (Å²) in [6.45, 7) is 2.18. The van der Waals surface area contributed by atoms with Crippen LogP contribution in [-0.4, -0.2) is 6.04 Å². The highest BCUT2D eigenvalue weighted by atomic mass is 14.9. The third kappa shape index (κ3) is 0.703. The van der Waals surface area contributed by atoms with Gasteiger partial charge in [-0.1, -0.05) is 29.9 Å². The Morgan fingerprint density at radius 1 is 1.40 bits per heavy atom. The van der Waals surface area contributed by atoms with Gasteiger partial charge in [-0.2, -0.15) is 0 Å². The second-order valence-electron chi connectivity index (χ2n) is 2.87. The van der Waals surface area contributed by atoms with Crippen LogP contribution in [0.4, 0.5) is 0 Å². The van der Waals surface area contributed by atoms with E-state index >= 15 is 0 Å². The highest BCUT2D eigenvalue weighted by molar-refractivity contribution is 5.30. The molecule has 0 fully saturated rings. The minimum atomic E-state index is 0.532. The van der Waals surface area contributed by atoms with E-state index in [4.69, 9.17) is 0 Å². The van der Waals surface area contributed by atoms with Crippen LogP contribution < -0.4 is 5.32 Å². The number of hydrogen-bond acceptors (Lipinski definition) is 1. The van der Waals surface area contributed by atoms with E-state index in [9.17, 15) is 0 Å². The highest BCUT2D eigenvalue weighted by Crippen LogP contribution is 2.24. The van der Waals surface area contributed by atoms with Crippen molar-refractivity contribution >= 4 is 0 Å². The molecule has 1 aliphatic heterocycles. The first-order valence-electron chi connectivity index (χ1n) is 3.65. The Kier molecular flexibility index (Phi) is 1.16.